The number of hydrogen-bond acceptors (Lipinski definition) is 7. The molecule has 3 aliphatic heterocycles. The summed E-state index contributed by atoms with van der Waals surface area (Å²) in [6.07, 6.45) is 5.74. The SMILES string of the molecule is O=C(NCCc1ccc(C2OCCO2)c(C2OCCO2)c1)C1CCC(CN2C(=O)C=CC2=O)CC1. The average molecular weight is 485 g/mol. The Hall–Kier alpha value is -2.59. The summed E-state index contributed by atoms with van der Waals surface area (Å²) in [5, 5.41) is 3.08. The Morgan fingerprint density at radius 1 is 0.857 bits per heavy atom. The van der Waals surface area contributed by atoms with E-state index >= 15 is 0 Å². The van der Waals surface area contributed by atoms with Gasteiger partial charge in [-0.1, -0.05) is 18.2 Å². The van der Waals surface area contributed by atoms with Gasteiger partial charge in [0.1, 0.15) is 0 Å². The van der Waals surface area contributed by atoms with Crippen molar-refractivity contribution in [1.82, 2.24) is 10.2 Å². The monoisotopic (exact) mass is 484 g/mol. The van der Waals surface area contributed by atoms with Crippen LogP contribution in [0.4, 0.5) is 0 Å². The lowest BCUT2D eigenvalue weighted by Gasteiger charge is -2.30. The number of nitrogens with zero attached hydrogens (tertiary/aromatic N) is 1. The number of imide groups is 1. The minimum Gasteiger partial charge on any atom is -0.356 e. The summed E-state index contributed by atoms with van der Waals surface area (Å²) in [6, 6.07) is 6.09. The first-order chi connectivity index (χ1) is 17.1. The summed E-state index contributed by atoms with van der Waals surface area (Å²) in [4.78, 5) is 37.6. The highest BCUT2D eigenvalue weighted by Gasteiger charge is 2.31. The molecular formula is C26H32N2O7. The fourth-order valence-corrected chi connectivity index (χ4v) is 5.23. The van der Waals surface area contributed by atoms with E-state index in [9.17, 15) is 14.4 Å². The molecule has 2 saturated heterocycles. The summed E-state index contributed by atoms with van der Waals surface area (Å²) >= 11 is 0. The molecule has 1 aromatic rings. The van der Waals surface area contributed by atoms with E-state index < -0.39 is 12.6 Å². The van der Waals surface area contributed by atoms with Crippen molar-refractivity contribution in [3.63, 3.8) is 0 Å². The van der Waals surface area contributed by atoms with Crippen LogP contribution in [0.1, 0.15) is 55.0 Å². The molecule has 3 amide bonds. The molecule has 3 heterocycles. The smallest absolute Gasteiger partial charge is 0.253 e. The first-order valence-electron chi connectivity index (χ1n) is 12.5. The maximum absolute atomic E-state index is 12.7. The molecule has 3 fully saturated rings. The number of rotatable bonds is 8. The first-order valence-corrected chi connectivity index (χ1v) is 12.5. The van der Waals surface area contributed by atoms with Crippen molar-refractivity contribution in [3.05, 3.63) is 47.0 Å². The largest absolute Gasteiger partial charge is 0.356 e. The number of carbonyl (C=O) groups is 3. The lowest BCUT2D eigenvalue weighted by atomic mass is 9.81. The van der Waals surface area contributed by atoms with Crippen LogP contribution in [0.2, 0.25) is 0 Å². The summed E-state index contributed by atoms with van der Waals surface area (Å²) in [6.45, 7) is 3.24. The highest BCUT2D eigenvalue weighted by Crippen LogP contribution is 2.34. The molecular weight excluding hydrogens is 452 g/mol. The third-order valence-corrected chi connectivity index (χ3v) is 7.17. The first kappa shape index (κ1) is 24.1. The fraction of sp³-hybridized carbons (Fsp3) is 0.577. The van der Waals surface area contributed by atoms with E-state index in [-0.39, 0.29) is 29.6 Å². The molecule has 188 valence electrons. The zero-order valence-corrected chi connectivity index (χ0v) is 19.8. The second-order valence-electron chi connectivity index (χ2n) is 9.49. The molecule has 1 aliphatic carbocycles. The molecule has 0 unspecified atom stereocenters. The van der Waals surface area contributed by atoms with Crippen molar-refractivity contribution in [1.29, 1.82) is 0 Å². The van der Waals surface area contributed by atoms with E-state index in [4.69, 9.17) is 18.9 Å². The molecule has 0 atom stereocenters. The maximum Gasteiger partial charge on any atom is 0.253 e. The maximum atomic E-state index is 12.7. The topological polar surface area (TPSA) is 103 Å². The van der Waals surface area contributed by atoms with Gasteiger partial charge in [-0.15, -0.1) is 0 Å². The third-order valence-electron chi connectivity index (χ3n) is 7.17. The second kappa shape index (κ2) is 11.0. The van der Waals surface area contributed by atoms with E-state index in [1.54, 1.807) is 0 Å². The van der Waals surface area contributed by atoms with Crippen LogP contribution in [0, 0.1) is 11.8 Å². The quantitative estimate of drug-likeness (QED) is 0.564. The number of benzene rings is 1. The average Bonchev–Trinajstić information content (AvgIpc) is 3.65. The van der Waals surface area contributed by atoms with Crippen LogP contribution in [0.15, 0.2) is 30.4 Å². The van der Waals surface area contributed by atoms with Gasteiger partial charge in [-0.2, -0.15) is 0 Å². The lowest BCUT2D eigenvalue weighted by molar-refractivity contribution is -0.138. The summed E-state index contributed by atoms with van der Waals surface area (Å²) in [5.41, 5.74) is 2.92. The van der Waals surface area contributed by atoms with Crippen LogP contribution in [-0.4, -0.2) is 62.1 Å². The van der Waals surface area contributed by atoms with Gasteiger partial charge in [0.05, 0.1) is 26.4 Å². The van der Waals surface area contributed by atoms with Crippen LogP contribution in [0.5, 0.6) is 0 Å². The number of ether oxygens (including phenoxy) is 4. The fourth-order valence-electron chi connectivity index (χ4n) is 5.23. The van der Waals surface area contributed by atoms with E-state index in [1.807, 2.05) is 12.1 Å². The highest BCUT2D eigenvalue weighted by molar-refractivity contribution is 6.12. The van der Waals surface area contributed by atoms with Gasteiger partial charge in [0.2, 0.25) is 5.91 Å². The van der Waals surface area contributed by atoms with Crippen LogP contribution in [0.3, 0.4) is 0 Å². The Morgan fingerprint density at radius 2 is 1.46 bits per heavy atom. The molecule has 4 aliphatic rings. The molecule has 0 aromatic heterocycles. The van der Waals surface area contributed by atoms with Crippen molar-refractivity contribution in [2.24, 2.45) is 11.8 Å². The number of amides is 3. The molecule has 5 rings (SSSR count). The van der Waals surface area contributed by atoms with Gasteiger partial charge in [-0.25, -0.2) is 0 Å². The van der Waals surface area contributed by atoms with Crippen LogP contribution in [-0.2, 0) is 39.8 Å². The second-order valence-corrected chi connectivity index (χ2v) is 9.49. The predicted molar refractivity (Wildman–Crippen MR) is 124 cm³/mol. The van der Waals surface area contributed by atoms with Crippen molar-refractivity contribution >= 4 is 17.7 Å². The zero-order valence-electron chi connectivity index (χ0n) is 19.8. The van der Waals surface area contributed by atoms with E-state index in [1.165, 1.54) is 17.1 Å². The number of carbonyl (C=O) groups excluding carboxylic acids is 3. The zero-order chi connectivity index (χ0) is 24.2. The molecule has 1 N–H and O–H groups in total. The summed E-state index contributed by atoms with van der Waals surface area (Å²) in [5.74, 6) is -0.160. The predicted octanol–water partition coefficient (Wildman–Crippen LogP) is 2.17. The molecule has 9 heteroatoms. The molecule has 0 bridgehead atoms. The Kier molecular flexibility index (Phi) is 7.57. The highest BCUT2D eigenvalue weighted by atomic mass is 16.7. The van der Waals surface area contributed by atoms with Crippen LogP contribution in [0.25, 0.3) is 0 Å². The van der Waals surface area contributed by atoms with E-state index in [0.29, 0.717) is 45.9 Å². The van der Waals surface area contributed by atoms with Gasteiger partial charge in [0.25, 0.3) is 11.8 Å². The van der Waals surface area contributed by atoms with Crippen molar-refractivity contribution in [2.45, 2.75) is 44.7 Å². The standard InChI is InChI=1S/C26H32N2O7/c29-22-7-8-23(30)28(22)16-18-1-4-19(5-2-18)24(31)27-10-9-17-3-6-20(25-32-11-12-33-25)21(15-17)26-34-13-14-35-26/h3,6-8,15,18-19,25-26H,1-2,4-5,9-14,16H2,(H,27,31). The molecule has 1 saturated carbocycles. The number of nitrogens with one attached hydrogen (secondary N) is 1. The Labute approximate surface area is 204 Å². The minimum absolute atomic E-state index is 0.0238. The van der Waals surface area contributed by atoms with Crippen LogP contribution >= 0.6 is 0 Å². The van der Waals surface area contributed by atoms with Gasteiger partial charge in [0, 0.05) is 42.3 Å². The van der Waals surface area contributed by atoms with Crippen LogP contribution < -0.4 is 5.32 Å². The molecule has 0 spiro atoms. The molecule has 9 nitrogen and oxygen atoms in total. The summed E-state index contributed by atoms with van der Waals surface area (Å²) in [7, 11) is 0. The minimum atomic E-state index is -0.426. The summed E-state index contributed by atoms with van der Waals surface area (Å²) < 4.78 is 22.8. The Morgan fingerprint density at radius 3 is 2.09 bits per heavy atom. The lowest BCUT2D eigenvalue weighted by Crippen LogP contribution is -2.38. The number of hydrogen-bond donors (Lipinski definition) is 1. The van der Waals surface area contributed by atoms with Crippen molar-refractivity contribution in [2.75, 3.05) is 39.5 Å². The van der Waals surface area contributed by atoms with E-state index in [0.717, 1.165) is 42.4 Å². The normalized spacial score (nSPS) is 25.7. The molecule has 0 radical (unpaired) electrons. The van der Waals surface area contributed by atoms with Crippen molar-refractivity contribution in [3.8, 4) is 0 Å². The third kappa shape index (κ3) is 5.64. The Bertz CT molecular complexity index is 956. The van der Waals surface area contributed by atoms with Gasteiger partial charge in [0.15, 0.2) is 12.6 Å². The van der Waals surface area contributed by atoms with Gasteiger partial charge in [-0.05, 0) is 43.6 Å². The molecule has 1 aromatic carbocycles. The molecule has 35 heavy (non-hydrogen) atoms. The van der Waals surface area contributed by atoms with Gasteiger partial charge < -0.3 is 24.3 Å². The van der Waals surface area contributed by atoms with Gasteiger partial charge >= 0.3 is 0 Å². The Balaban J connectivity index is 1.10. The van der Waals surface area contributed by atoms with E-state index in [2.05, 4.69) is 11.4 Å². The van der Waals surface area contributed by atoms with Gasteiger partial charge in [-0.3, -0.25) is 19.3 Å². The van der Waals surface area contributed by atoms with Crippen molar-refractivity contribution < 1.29 is 33.3 Å².